The molecule has 0 radical (unpaired) electrons. The molecule has 0 amide bonds. The summed E-state index contributed by atoms with van der Waals surface area (Å²) >= 11 is 0. The van der Waals surface area contributed by atoms with Crippen LogP contribution in [0.4, 0.5) is 0 Å². The highest BCUT2D eigenvalue weighted by Crippen LogP contribution is 2.21. The molecule has 0 spiro atoms. The SMILES string of the molecule is Cc1cc(C)c(CC(C)CNC2CC2)cc1C. The molecule has 2 rings (SSSR count). The molecule has 1 aromatic rings. The first-order valence-electron chi connectivity index (χ1n) is 6.86. The summed E-state index contributed by atoms with van der Waals surface area (Å²) in [5.74, 6) is 0.733. The summed E-state index contributed by atoms with van der Waals surface area (Å²) in [6.07, 6.45) is 3.97. The van der Waals surface area contributed by atoms with Gasteiger partial charge in [0.1, 0.15) is 0 Å². The molecule has 94 valence electrons. The quantitative estimate of drug-likeness (QED) is 0.817. The van der Waals surface area contributed by atoms with E-state index in [1.165, 1.54) is 41.5 Å². The molecule has 1 aliphatic carbocycles. The smallest absolute Gasteiger partial charge is 0.00683 e. The third-order valence-corrected chi connectivity index (χ3v) is 3.85. The van der Waals surface area contributed by atoms with Crippen molar-refractivity contribution in [2.75, 3.05) is 6.54 Å². The maximum Gasteiger partial charge on any atom is 0.00683 e. The topological polar surface area (TPSA) is 12.0 Å². The monoisotopic (exact) mass is 231 g/mol. The zero-order valence-electron chi connectivity index (χ0n) is 11.6. The second-order valence-electron chi connectivity index (χ2n) is 5.85. The van der Waals surface area contributed by atoms with Crippen LogP contribution < -0.4 is 5.32 Å². The van der Waals surface area contributed by atoms with E-state index in [9.17, 15) is 0 Å². The Labute approximate surface area is 106 Å². The molecule has 1 aliphatic rings. The summed E-state index contributed by atoms with van der Waals surface area (Å²) in [5, 5.41) is 3.62. The first-order valence-corrected chi connectivity index (χ1v) is 6.86. The van der Waals surface area contributed by atoms with Gasteiger partial charge in [0.05, 0.1) is 0 Å². The minimum Gasteiger partial charge on any atom is -0.314 e. The zero-order chi connectivity index (χ0) is 12.4. The Hall–Kier alpha value is -0.820. The van der Waals surface area contributed by atoms with Crippen LogP contribution in [0.5, 0.6) is 0 Å². The van der Waals surface area contributed by atoms with Gasteiger partial charge in [-0.05, 0) is 74.8 Å². The van der Waals surface area contributed by atoms with Crippen LogP contribution >= 0.6 is 0 Å². The average Bonchev–Trinajstić information content (AvgIpc) is 3.07. The van der Waals surface area contributed by atoms with Crippen LogP contribution in [0.3, 0.4) is 0 Å². The van der Waals surface area contributed by atoms with Crippen molar-refractivity contribution in [2.24, 2.45) is 5.92 Å². The van der Waals surface area contributed by atoms with Gasteiger partial charge in [-0.2, -0.15) is 0 Å². The van der Waals surface area contributed by atoms with Crippen molar-refractivity contribution in [3.05, 3.63) is 34.4 Å². The summed E-state index contributed by atoms with van der Waals surface area (Å²) in [5.41, 5.74) is 5.81. The van der Waals surface area contributed by atoms with Crippen molar-refractivity contribution in [2.45, 2.75) is 53.0 Å². The maximum atomic E-state index is 3.62. The van der Waals surface area contributed by atoms with Gasteiger partial charge >= 0.3 is 0 Å². The molecule has 0 aliphatic heterocycles. The normalized spacial score (nSPS) is 17.2. The second kappa shape index (κ2) is 5.22. The number of nitrogens with one attached hydrogen (secondary N) is 1. The van der Waals surface area contributed by atoms with Gasteiger partial charge in [-0.3, -0.25) is 0 Å². The Bertz CT molecular complexity index is 391. The molecular formula is C16H25N. The van der Waals surface area contributed by atoms with Crippen molar-refractivity contribution in [1.82, 2.24) is 5.32 Å². The number of rotatable bonds is 5. The van der Waals surface area contributed by atoms with Gasteiger partial charge in [-0.25, -0.2) is 0 Å². The molecule has 1 aromatic carbocycles. The van der Waals surface area contributed by atoms with Gasteiger partial charge in [0.25, 0.3) is 0 Å². The van der Waals surface area contributed by atoms with E-state index in [1.807, 2.05) is 0 Å². The van der Waals surface area contributed by atoms with E-state index in [0.717, 1.165) is 18.5 Å². The lowest BCUT2D eigenvalue weighted by atomic mass is 9.94. The van der Waals surface area contributed by atoms with E-state index in [4.69, 9.17) is 0 Å². The first-order chi connectivity index (χ1) is 8.06. The molecule has 1 N–H and O–H groups in total. The van der Waals surface area contributed by atoms with Crippen LogP contribution in [0.15, 0.2) is 12.1 Å². The van der Waals surface area contributed by atoms with Crippen molar-refractivity contribution < 1.29 is 0 Å². The number of hydrogen-bond acceptors (Lipinski definition) is 1. The van der Waals surface area contributed by atoms with Crippen LogP contribution in [0.25, 0.3) is 0 Å². The molecule has 1 unspecified atom stereocenters. The van der Waals surface area contributed by atoms with Gasteiger partial charge in [0.2, 0.25) is 0 Å². The lowest BCUT2D eigenvalue weighted by Gasteiger charge is -2.15. The number of aryl methyl sites for hydroxylation is 3. The lowest BCUT2D eigenvalue weighted by molar-refractivity contribution is 0.508. The summed E-state index contributed by atoms with van der Waals surface area (Å²) < 4.78 is 0. The molecule has 1 heteroatoms. The molecule has 1 atom stereocenters. The fourth-order valence-electron chi connectivity index (χ4n) is 2.34. The molecule has 0 saturated heterocycles. The summed E-state index contributed by atoms with van der Waals surface area (Å²) in [7, 11) is 0. The van der Waals surface area contributed by atoms with E-state index in [0.29, 0.717) is 0 Å². The van der Waals surface area contributed by atoms with Gasteiger partial charge in [-0.1, -0.05) is 19.1 Å². The van der Waals surface area contributed by atoms with Crippen LogP contribution in [0.2, 0.25) is 0 Å². The Morgan fingerprint density at radius 3 is 2.41 bits per heavy atom. The molecule has 17 heavy (non-hydrogen) atoms. The molecule has 0 heterocycles. The van der Waals surface area contributed by atoms with Gasteiger partial charge in [-0.15, -0.1) is 0 Å². The van der Waals surface area contributed by atoms with E-state index in [1.54, 1.807) is 0 Å². The Morgan fingerprint density at radius 2 is 1.76 bits per heavy atom. The van der Waals surface area contributed by atoms with Gasteiger partial charge in [0.15, 0.2) is 0 Å². The minimum atomic E-state index is 0.733. The van der Waals surface area contributed by atoms with Crippen molar-refractivity contribution in [3.63, 3.8) is 0 Å². The van der Waals surface area contributed by atoms with Crippen molar-refractivity contribution in [1.29, 1.82) is 0 Å². The van der Waals surface area contributed by atoms with E-state index in [-0.39, 0.29) is 0 Å². The van der Waals surface area contributed by atoms with Crippen LogP contribution in [0, 0.1) is 26.7 Å². The second-order valence-corrected chi connectivity index (χ2v) is 5.85. The number of benzene rings is 1. The van der Waals surface area contributed by atoms with Crippen LogP contribution in [-0.4, -0.2) is 12.6 Å². The molecule has 1 nitrogen and oxygen atoms in total. The fourth-order valence-corrected chi connectivity index (χ4v) is 2.34. The molecular weight excluding hydrogens is 206 g/mol. The molecule has 1 saturated carbocycles. The molecule has 0 bridgehead atoms. The van der Waals surface area contributed by atoms with E-state index in [2.05, 4.69) is 45.1 Å². The highest BCUT2D eigenvalue weighted by molar-refractivity contribution is 5.36. The summed E-state index contributed by atoms with van der Waals surface area (Å²) in [6, 6.07) is 5.53. The Balaban J connectivity index is 1.94. The standard InChI is InChI=1S/C16H25N/c1-11(10-17-16-5-6-16)7-15-9-13(3)12(2)8-14(15)4/h8-9,11,16-17H,5-7,10H2,1-4H3. The Morgan fingerprint density at radius 1 is 1.12 bits per heavy atom. The maximum absolute atomic E-state index is 3.62. The predicted molar refractivity (Wildman–Crippen MR) is 74.5 cm³/mol. The predicted octanol–water partition coefficient (Wildman–Crippen LogP) is 3.54. The van der Waals surface area contributed by atoms with E-state index < -0.39 is 0 Å². The van der Waals surface area contributed by atoms with Gasteiger partial charge in [0, 0.05) is 6.04 Å². The van der Waals surface area contributed by atoms with Crippen molar-refractivity contribution in [3.8, 4) is 0 Å². The zero-order valence-corrected chi connectivity index (χ0v) is 11.6. The van der Waals surface area contributed by atoms with Crippen molar-refractivity contribution >= 4 is 0 Å². The first kappa shape index (κ1) is 12.6. The third-order valence-electron chi connectivity index (χ3n) is 3.85. The summed E-state index contributed by atoms with van der Waals surface area (Å²) in [4.78, 5) is 0. The third kappa shape index (κ3) is 3.57. The highest BCUT2D eigenvalue weighted by Gasteiger charge is 2.20. The van der Waals surface area contributed by atoms with Gasteiger partial charge < -0.3 is 5.32 Å². The Kier molecular flexibility index (Phi) is 3.88. The fraction of sp³-hybridized carbons (Fsp3) is 0.625. The van der Waals surface area contributed by atoms with E-state index >= 15 is 0 Å². The lowest BCUT2D eigenvalue weighted by Crippen LogP contribution is -2.24. The van der Waals surface area contributed by atoms with Crippen LogP contribution in [-0.2, 0) is 6.42 Å². The summed E-state index contributed by atoms with van der Waals surface area (Å²) in [6.45, 7) is 10.2. The highest BCUT2D eigenvalue weighted by atomic mass is 14.9. The molecule has 0 aromatic heterocycles. The molecule has 1 fully saturated rings. The average molecular weight is 231 g/mol. The largest absolute Gasteiger partial charge is 0.314 e. The minimum absolute atomic E-state index is 0.733. The van der Waals surface area contributed by atoms with Crippen LogP contribution in [0.1, 0.15) is 42.0 Å². The number of hydrogen-bond donors (Lipinski definition) is 1.